The van der Waals surface area contributed by atoms with E-state index in [1.54, 1.807) is 11.8 Å². The highest BCUT2D eigenvalue weighted by molar-refractivity contribution is 7.99. The number of thioether (sulfide) groups is 1. The van der Waals surface area contributed by atoms with E-state index in [9.17, 15) is 13.2 Å². The zero-order valence-electron chi connectivity index (χ0n) is 12.0. The van der Waals surface area contributed by atoms with E-state index < -0.39 is 12.6 Å². The van der Waals surface area contributed by atoms with Crippen molar-refractivity contribution in [3.05, 3.63) is 29.3 Å². The molecule has 0 radical (unpaired) electrons. The van der Waals surface area contributed by atoms with Crippen LogP contribution in [0.4, 0.5) is 13.2 Å². The van der Waals surface area contributed by atoms with Crippen molar-refractivity contribution in [2.24, 2.45) is 0 Å². The summed E-state index contributed by atoms with van der Waals surface area (Å²) in [6.07, 6.45) is -3.07. The number of alkyl halides is 3. The maximum Gasteiger partial charge on any atom is 0.389 e. The third-order valence-electron chi connectivity index (χ3n) is 2.96. The molecular weight excluding hydrogens is 319 g/mol. The predicted molar refractivity (Wildman–Crippen MR) is 84.2 cm³/mol. The Morgan fingerprint density at radius 3 is 2.48 bits per heavy atom. The first-order valence-electron chi connectivity index (χ1n) is 7.09. The third-order valence-corrected chi connectivity index (χ3v) is 4.39. The van der Waals surface area contributed by atoms with Crippen LogP contribution in [0.25, 0.3) is 0 Å². The van der Waals surface area contributed by atoms with Crippen LogP contribution in [0.3, 0.4) is 0 Å². The molecule has 1 unspecified atom stereocenters. The minimum Gasteiger partial charge on any atom is -0.313 e. The lowest BCUT2D eigenvalue weighted by Gasteiger charge is -2.18. The van der Waals surface area contributed by atoms with Crippen molar-refractivity contribution < 1.29 is 13.2 Å². The molecule has 21 heavy (non-hydrogen) atoms. The maximum absolute atomic E-state index is 12.2. The van der Waals surface area contributed by atoms with Crippen molar-refractivity contribution in [3.8, 4) is 0 Å². The minimum absolute atomic E-state index is 0.105. The largest absolute Gasteiger partial charge is 0.389 e. The van der Waals surface area contributed by atoms with Gasteiger partial charge < -0.3 is 5.32 Å². The van der Waals surface area contributed by atoms with Crippen LogP contribution in [0.2, 0.25) is 5.02 Å². The molecule has 1 nitrogen and oxygen atoms in total. The Balaban J connectivity index is 2.39. The van der Waals surface area contributed by atoms with E-state index in [-0.39, 0.29) is 12.5 Å². The Labute approximate surface area is 133 Å². The summed E-state index contributed by atoms with van der Waals surface area (Å²) >= 11 is 7.47. The van der Waals surface area contributed by atoms with E-state index in [0.717, 1.165) is 23.6 Å². The molecule has 0 aromatic heterocycles. The molecule has 1 aromatic carbocycles. The summed E-state index contributed by atoms with van der Waals surface area (Å²) in [4.78, 5) is 1.08. The second kappa shape index (κ2) is 9.59. The van der Waals surface area contributed by atoms with Crippen LogP contribution in [-0.2, 0) is 0 Å². The molecule has 0 saturated heterocycles. The fourth-order valence-electron chi connectivity index (χ4n) is 1.87. The SMILES string of the molecule is CCCNC(CCCC(F)(F)F)CSc1ccc(Cl)cc1. The number of hydrogen-bond donors (Lipinski definition) is 1. The van der Waals surface area contributed by atoms with Gasteiger partial charge in [0.15, 0.2) is 0 Å². The molecule has 120 valence electrons. The first kappa shape index (κ1) is 18.7. The molecule has 0 spiro atoms. The van der Waals surface area contributed by atoms with Gasteiger partial charge in [0, 0.05) is 28.1 Å². The van der Waals surface area contributed by atoms with Crippen LogP contribution in [0.15, 0.2) is 29.2 Å². The Morgan fingerprint density at radius 1 is 1.24 bits per heavy atom. The first-order chi connectivity index (χ1) is 9.90. The van der Waals surface area contributed by atoms with E-state index in [1.165, 1.54) is 0 Å². The maximum atomic E-state index is 12.2. The summed E-state index contributed by atoms with van der Waals surface area (Å²) < 4.78 is 36.6. The topological polar surface area (TPSA) is 12.0 Å². The fourth-order valence-corrected chi connectivity index (χ4v) is 3.00. The Bertz CT molecular complexity index is 395. The van der Waals surface area contributed by atoms with Gasteiger partial charge in [-0.15, -0.1) is 11.8 Å². The molecule has 0 saturated carbocycles. The second-order valence-electron chi connectivity index (χ2n) is 4.92. The molecule has 0 aliphatic carbocycles. The summed E-state index contributed by atoms with van der Waals surface area (Å²) in [5.74, 6) is 0.763. The highest BCUT2D eigenvalue weighted by Gasteiger charge is 2.26. The van der Waals surface area contributed by atoms with Gasteiger partial charge in [-0.25, -0.2) is 0 Å². The molecule has 1 N–H and O–H groups in total. The molecular formula is C15H21ClF3NS. The molecule has 6 heteroatoms. The quantitative estimate of drug-likeness (QED) is 0.593. The van der Waals surface area contributed by atoms with Crippen LogP contribution in [-0.4, -0.2) is 24.5 Å². The van der Waals surface area contributed by atoms with Crippen LogP contribution in [0.5, 0.6) is 0 Å². The number of halogens is 4. The predicted octanol–water partition coefficient (Wildman–Crippen LogP) is 5.53. The molecule has 0 fully saturated rings. The highest BCUT2D eigenvalue weighted by atomic mass is 35.5. The van der Waals surface area contributed by atoms with E-state index in [1.807, 2.05) is 31.2 Å². The van der Waals surface area contributed by atoms with Gasteiger partial charge in [-0.2, -0.15) is 13.2 Å². The van der Waals surface area contributed by atoms with E-state index >= 15 is 0 Å². The van der Waals surface area contributed by atoms with Gasteiger partial charge in [0.2, 0.25) is 0 Å². The van der Waals surface area contributed by atoms with Crippen molar-refractivity contribution in [2.45, 2.75) is 49.7 Å². The number of nitrogens with one attached hydrogen (secondary N) is 1. The fraction of sp³-hybridized carbons (Fsp3) is 0.600. The van der Waals surface area contributed by atoms with E-state index in [0.29, 0.717) is 11.4 Å². The average Bonchev–Trinajstić information content (AvgIpc) is 2.41. The van der Waals surface area contributed by atoms with Crippen LogP contribution < -0.4 is 5.32 Å². The molecule has 1 rings (SSSR count). The number of rotatable bonds is 9. The van der Waals surface area contributed by atoms with Crippen molar-refractivity contribution in [3.63, 3.8) is 0 Å². The smallest absolute Gasteiger partial charge is 0.313 e. The van der Waals surface area contributed by atoms with Crippen molar-refractivity contribution in [2.75, 3.05) is 12.3 Å². The lowest BCUT2D eigenvalue weighted by Crippen LogP contribution is -2.32. The molecule has 0 amide bonds. The standard InChI is InChI=1S/C15H21ClF3NS/c1-2-10-20-13(4-3-9-15(17,18)19)11-21-14-7-5-12(16)6-8-14/h5-8,13,20H,2-4,9-11H2,1H3. The highest BCUT2D eigenvalue weighted by Crippen LogP contribution is 2.25. The second-order valence-corrected chi connectivity index (χ2v) is 6.45. The summed E-state index contributed by atoms with van der Waals surface area (Å²) in [5, 5.41) is 4.01. The lowest BCUT2D eigenvalue weighted by atomic mass is 10.1. The van der Waals surface area contributed by atoms with Crippen LogP contribution >= 0.6 is 23.4 Å². The van der Waals surface area contributed by atoms with Gasteiger partial charge in [-0.1, -0.05) is 18.5 Å². The van der Waals surface area contributed by atoms with Crippen LogP contribution in [0, 0.1) is 0 Å². The van der Waals surface area contributed by atoms with Gasteiger partial charge in [-0.3, -0.25) is 0 Å². The normalized spacial score (nSPS) is 13.4. The number of benzene rings is 1. The van der Waals surface area contributed by atoms with Crippen LogP contribution in [0.1, 0.15) is 32.6 Å². The van der Waals surface area contributed by atoms with Crippen molar-refractivity contribution in [1.82, 2.24) is 5.32 Å². The van der Waals surface area contributed by atoms with Crippen molar-refractivity contribution >= 4 is 23.4 Å². The molecule has 1 atom stereocenters. The third kappa shape index (κ3) is 9.27. The van der Waals surface area contributed by atoms with Gasteiger partial charge in [0.1, 0.15) is 0 Å². The lowest BCUT2D eigenvalue weighted by molar-refractivity contribution is -0.135. The minimum atomic E-state index is -4.06. The number of hydrogen-bond acceptors (Lipinski definition) is 2. The molecule has 0 aliphatic heterocycles. The Hall–Kier alpha value is -0.390. The van der Waals surface area contributed by atoms with Gasteiger partial charge in [0.25, 0.3) is 0 Å². The zero-order valence-corrected chi connectivity index (χ0v) is 13.6. The van der Waals surface area contributed by atoms with Gasteiger partial charge in [0.05, 0.1) is 0 Å². The molecule has 0 heterocycles. The average molecular weight is 340 g/mol. The summed E-state index contributed by atoms with van der Waals surface area (Å²) in [5.41, 5.74) is 0. The van der Waals surface area contributed by atoms with Gasteiger partial charge >= 0.3 is 6.18 Å². The van der Waals surface area contributed by atoms with Gasteiger partial charge in [-0.05, 0) is 50.1 Å². The Kier molecular flexibility index (Phi) is 8.52. The summed E-state index contributed by atoms with van der Waals surface area (Å²) in [6.45, 7) is 2.88. The summed E-state index contributed by atoms with van der Waals surface area (Å²) in [6, 6.07) is 7.61. The van der Waals surface area contributed by atoms with E-state index in [2.05, 4.69) is 5.32 Å². The van der Waals surface area contributed by atoms with Crippen molar-refractivity contribution in [1.29, 1.82) is 0 Å². The Morgan fingerprint density at radius 2 is 1.90 bits per heavy atom. The molecule has 0 aliphatic rings. The zero-order chi connectivity index (χ0) is 15.7. The molecule has 1 aromatic rings. The van der Waals surface area contributed by atoms with E-state index in [4.69, 9.17) is 11.6 Å². The summed E-state index contributed by atoms with van der Waals surface area (Å²) in [7, 11) is 0. The monoisotopic (exact) mass is 339 g/mol. The first-order valence-corrected chi connectivity index (χ1v) is 8.45. The molecule has 0 bridgehead atoms.